The molecule has 0 fully saturated rings. The Hall–Kier alpha value is -18.2. The topological polar surface area (TPSA) is 69.0 Å². The van der Waals surface area contributed by atoms with E-state index in [0.717, 1.165) is 83.0 Å². The third-order valence-electron chi connectivity index (χ3n) is 27.9. The SMILES string of the molecule is c1ccc(-n2c3ccccc3c3cc(-c4ccc5c(c4)c4c6c(ccc4n5-c4ccccc4)oc4ccccc46)ccc32)cc1.c1ccc(-n2c3ccccc3c3cc(-c4ccc5c(c4)c4cc6c(cc4n5-c4ccccc4)oc4ccccc46)ccc32)cc1.c1ccc(-n2c3ccccc3c3cc(-c4ccc5c(c4)c4cc6oc7ccccc7c6cc4n5-c4ccccc4)ccc32)cc1. The van der Waals surface area contributed by atoms with Crippen LogP contribution >= 0.6 is 0 Å². The molecular weight excluding hydrogens is 1650 g/mol. The number of nitrogens with zero attached hydrogens (tertiary/aromatic N) is 6. The van der Waals surface area contributed by atoms with E-state index in [2.05, 4.69) is 470 Å². The van der Waals surface area contributed by atoms with Crippen molar-refractivity contribution >= 4 is 197 Å². The van der Waals surface area contributed by atoms with Crippen LogP contribution in [0, 0.1) is 0 Å². The first kappa shape index (κ1) is 75.8. The quantitative estimate of drug-likeness (QED) is 0.145. The number of fused-ring (bicyclic) bond motifs is 28. The van der Waals surface area contributed by atoms with Crippen molar-refractivity contribution in [3.8, 4) is 67.5 Å². The van der Waals surface area contributed by atoms with Gasteiger partial charge in [-0.1, -0.05) is 255 Å². The zero-order valence-corrected chi connectivity index (χ0v) is 72.9. The van der Waals surface area contributed by atoms with Gasteiger partial charge in [0, 0.05) is 137 Å². The van der Waals surface area contributed by atoms with Crippen molar-refractivity contribution < 1.29 is 13.3 Å². The molecule has 0 N–H and O–H groups in total. The lowest BCUT2D eigenvalue weighted by Crippen LogP contribution is -1.93. The molecule has 0 aliphatic heterocycles. The fourth-order valence-electron chi connectivity index (χ4n) is 21.9. The molecule has 0 aliphatic carbocycles. The van der Waals surface area contributed by atoms with Crippen LogP contribution in [-0.2, 0) is 0 Å². The first-order valence-electron chi connectivity index (χ1n) is 46.1. The van der Waals surface area contributed by atoms with Gasteiger partial charge in [-0.3, -0.25) is 0 Å². The lowest BCUT2D eigenvalue weighted by atomic mass is 9.99. The Morgan fingerprint density at radius 3 is 0.726 bits per heavy atom. The molecule has 30 aromatic rings. The molecule has 0 atom stereocenters. The maximum Gasteiger partial charge on any atom is 0.137 e. The molecule has 0 saturated heterocycles. The molecule has 9 aromatic heterocycles. The van der Waals surface area contributed by atoms with Gasteiger partial charge >= 0.3 is 0 Å². The molecule has 0 amide bonds. The fraction of sp³-hybridized carbons (Fsp3) is 0. The van der Waals surface area contributed by atoms with Gasteiger partial charge in [-0.2, -0.15) is 0 Å². The van der Waals surface area contributed by atoms with Gasteiger partial charge in [-0.25, -0.2) is 0 Å². The Balaban J connectivity index is 0.000000101. The summed E-state index contributed by atoms with van der Waals surface area (Å²) in [6, 6.07) is 170. The number of rotatable bonds is 9. The highest BCUT2D eigenvalue weighted by atomic mass is 16.3. The van der Waals surface area contributed by atoms with Crippen LogP contribution in [0.2, 0.25) is 0 Å². The first-order valence-corrected chi connectivity index (χ1v) is 46.1. The van der Waals surface area contributed by atoms with Crippen molar-refractivity contribution in [2.75, 3.05) is 0 Å². The lowest BCUT2D eigenvalue weighted by molar-refractivity contribution is 0.669. The Labute approximate surface area is 772 Å². The van der Waals surface area contributed by atoms with Gasteiger partial charge < -0.3 is 40.7 Å². The van der Waals surface area contributed by atoms with Crippen LogP contribution in [0.25, 0.3) is 264 Å². The van der Waals surface area contributed by atoms with E-state index in [4.69, 9.17) is 13.3 Å². The summed E-state index contributed by atoms with van der Waals surface area (Å²) < 4.78 is 33.3. The average Bonchev–Trinajstić information content (AvgIpc) is 1.55. The molecule has 0 saturated carbocycles. The van der Waals surface area contributed by atoms with Gasteiger partial charge in [0.25, 0.3) is 0 Å². The van der Waals surface area contributed by atoms with Crippen LogP contribution in [-0.4, -0.2) is 27.4 Å². The predicted molar refractivity (Wildman–Crippen MR) is 564 cm³/mol. The van der Waals surface area contributed by atoms with Crippen molar-refractivity contribution in [1.82, 2.24) is 27.4 Å². The zero-order valence-electron chi connectivity index (χ0n) is 72.9. The number of aromatic nitrogens is 6. The van der Waals surface area contributed by atoms with Gasteiger partial charge in [0.2, 0.25) is 0 Å². The molecule has 630 valence electrons. The Morgan fingerprint density at radius 2 is 0.348 bits per heavy atom. The maximum atomic E-state index is 6.36. The number of para-hydroxylation sites is 12. The summed E-state index contributed by atoms with van der Waals surface area (Å²) in [6.45, 7) is 0. The van der Waals surface area contributed by atoms with Gasteiger partial charge in [0.05, 0.1) is 66.2 Å². The summed E-state index contributed by atoms with van der Waals surface area (Å²) in [5.41, 5.74) is 33.9. The maximum absolute atomic E-state index is 6.36. The Kier molecular flexibility index (Phi) is 17.0. The van der Waals surface area contributed by atoms with E-state index >= 15 is 0 Å². The molecule has 0 bridgehead atoms. The van der Waals surface area contributed by atoms with Crippen molar-refractivity contribution in [1.29, 1.82) is 0 Å². The lowest BCUT2D eigenvalue weighted by Gasteiger charge is -2.09. The van der Waals surface area contributed by atoms with Crippen LogP contribution in [0.3, 0.4) is 0 Å². The summed E-state index contributed by atoms with van der Waals surface area (Å²) in [5, 5.41) is 21.7. The monoisotopic (exact) mass is 1720 g/mol. The first-order chi connectivity index (χ1) is 67.0. The summed E-state index contributed by atoms with van der Waals surface area (Å²) in [5.74, 6) is 0. The third-order valence-corrected chi connectivity index (χ3v) is 27.9. The second-order valence-electron chi connectivity index (χ2n) is 35.3. The zero-order chi connectivity index (χ0) is 88.5. The largest absolute Gasteiger partial charge is 0.456 e. The highest BCUT2D eigenvalue weighted by Crippen LogP contribution is 2.48. The summed E-state index contributed by atoms with van der Waals surface area (Å²) in [7, 11) is 0. The van der Waals surface area contributed by atoms with Gasteiger partial charge in [0.15, 0.2) is 0 Å². The van der Waals surface area contributed by atoms with Crippen LogP contribution in [0.1, 0.15) is 0 Å². The van der Waals surface area contributed by atoms with Crippen molar-refractivity contribution in [3.05, 3.63) is 473 Å². The van der Waals surface area contributed by atoms with E-state index in [0.29, 0.717) is 0 Å². The van der Waals surface area contributed by atoms with Crippen LogP contribution < -0.4 is 0 Å². The van der Waals surface area contributed by atoms with E-state index in [1.54, 1.807) is 0 Å². The molecule has 30 rings (SSSR count). The van der Waals surface area contributed by atoms with Gasteiger partial charge in [0.1, 0.15) is 33.5 Å². The standard InChI is InChI=1S/3C42H26N2O/c1-3-11-29(12-4-1)43-37-17-9-7-15-31(37)33-23-27(19-21-38(33)43)28-20-22-39-34(24-28)35-26-42-36(32-16-8-10-18-41(32)45-42)25-40(35)44(39)30-13-5-2-6-14-30;1-3-11-29(12-4-1)43-37-17-9-7-15-31(37)33-23-27(19-21-38(33)43)28-20-22-39-34(24-28)35-25-36-32-16-8-10-18-41(32)45-42(36)26-40(35)44(39)30-13-5-2-6-14-30;1-3-11-29(12-4-1)43-35-17-9-7-15-31(35)33-25-27(19-21-36(33)43)28-20-22-37-34(26-28)41-38(44(37)30-13-5-2-6-14-30)23-24-40-42(41)32-16-8-10-18-39(32)45-40/h3*1-26H. The van der Waals surface area contributed by atoms with E-state index in [-0.39, 0.29) is 0 Å². The normalized spacial score (nSPS) is 12.0. The van der Waals surface area contributed by atoms with Crippen LogP contribution in [0.4, 0.5) is 0 Å². The third kappa shape index (κ3) is 11.9. The molecule has 135 heavy (non-hydrogen) atoms. The minimum absolute atomic E-state index is 0.907. The second-order valence-corrected chi connectivity index (χ2v) is 35.3. The molecule has 0 aliphatic rings. The van der Waals surface area contributed by atoms with Crippen LogP contribution in [0.15, 0.2) is 486 Å². The number of benzene rings is 21. The summed E-state index contributed by atoms with van der Waals surface area (Å²) in [6.07, 6.45) is 0. The smallest absolute Gasteiger partial charge is 0.137 e. The molecular formula is C126H78N6O3. The molecule has 0 unspecified atom stereocenters. The summed E-state index contributed by atoms with van der Waals surface area (Å²) in [4.78, 5) is 0. The molecule has 9 nitrogen and oxygen atoms in total. The highest BCUT2D eigenvalue weighted by Gasteiger charge is 2.26. The highest BCUT2D eigenvalue weighted by molar-refractivity contribution is 6.29. The van der Waals surface area contributed by atoms with E-state index in [1.165, 1.54) is 181 Å². The average molecular weight is 1720 g/mol. The van der Waals surface area contributed by atoms with Gasteiger partial charge in [-0.15, -0.1) is 0 Å². The minimum Gasteiger partial charge on any atom is -0.456 e. The fourth-order valence-corrected chi connectivity index (χ4v) is 21.9. The molecule has 9 heterocycles. The molecule has 9 heteroatoms. The van der Waals surface area contributed by atoms with Crippen molar-refractivity contribution in [2.24, 2.45) is 0 Å². The summed E-state index contributed by atoms with van der Waals surface area (Å²) >= 11 is 0. The van der Waals surface area contributed by atoms with Crippen molar-refractivity contribution in [2.45, 2.75) is 0 Å². The molecule has 0 spiro atoms. The van der Waals surface area contributed by atoms with E-state index < -0.39 is 0 Å². The number of hydrogen-bond donors (Lipinski definition) is 0. The Morgan fingerprint density at radius 1 is 0.111 bits per heavy atom. The van der Waals surface area contributed by atoms with Crippen LogP contribution in [0.5, 0.6) is 0 Å². The molecule has 0 radical (unpaired) electrons. The predicted octanol–water partition coefficient (Wildman–Crippen LogP) is 34.3. The second kappa shape index (κ2) is 30.2. The van der Waals surface area contributed by atoms with E-state index in [1.807, 2.05) is 30.3 Å². The molecule has 21 aromatic carbocycles. The minimum atomic E-state index is 0.907. The van der Waals surface area contributed by atoms with Gasteiger partial charge in [-0.05, 0) is 246 Å². The Bertz CT molecular complexity index is 10000. The van der Waals surface area contributed by atoms with Crippen molar-refractivity contribution in [3.63, 3.8) is 0 Å². The number of hydrogen-bond acceptors (Lipinski definition) is 3. The number of furan rings is 3. The van der Waals surface area contributed by atoms with E-state index in [9.17, 15) is 0 Å².